The van der Waals surface area contributed by atoms with Gasteiger partial charge in [-0.1, -0.05) is 6.92 Å². The van der Waals surface area contributed by atoms with Gasteiger partial charge in [0.25, 0.3) is 0 Å². The summed E-state index contributed by atoms with van der Waals surface area (Å²) in [6.45, 7) is 8.32. The molecule has 0 bridgehead atoms. The summed E-state index contributed by atoms with van der Waals surface area (Å²) >= 11 is 0. The molecule has 6 nitrogen and oxygen atoms in total. The number of carbonyl (C=O) groups excluding carboxylic acids is 1. The van der Waals surface area contributed by atoms with Crippen LogP contribution in [0.2, 0.25) is 0 Å². The van der Waals surface area contributed by atoms with E-state index >= 15 is 0 Å². The summed E-state index contributed by atoms with van der Waals surface area (Å²) in [5.41, 5.74) is 0. The van der Waals surface area contributed by atoms with Gasteiger partial charge in [-0.15, -0.1) is 0 Å². The standard InChI is InChI=1S/C15H26O6/c1-5-18-13(17)6-11-10(7-16)9(2)14(20-11)12-8-19-15(3,4)21-12/h9-12,14,16H,5-8H2,1-4H3/t9-,10-,11+,12-,14?/m1/s1. The Morgan fingerprint density at radius 3 is 2.67 bits per heavy atom. The highest BCUT2D eigenvalue weighted by Gasteiger charge is 2.49. The topological polar surface area (TPSA) is 74.2 Å². The minimum absolute atomic E-state index is 0.0152. The summed E-state index contributed by atoms with van der Waals surface area (Å²) in [4.78, 5) is 11.7. The third-order valence-electron chi connectivity index (χ3n) is 4.28. The second kappa shape index (κ2) is 6.60. The first-order valence-corrected chi connectivity index (χ1v) is 7.61. The van der Waals surface area contributed by atoms with Crippen molar-refractivity contribution in [1.82, 2.24) is 0 Å². The molecule has 6 heteroatoms. The smallest absolute Gasteiger partial charge is 0.308 e. The van der Waals surface area contributed by atoms with E-state index in [1.165, 1.54) is 0 Å². The molecule has 2 rings (SSSR count). The predicted molar refractivity (Wildman–Crippen MR) is 74.6 cm³/mol. The fourth-order valence-corrected chi connectivity index (χ4v) is 3.18. The molecule has 2 heterocycles. The van der Waals surface area contributed by atoms with Gasteiger partial charge in [-0.05, 0) is 26.7 Å². The Bertz CT molecular complexity index is 369. The van der Waals surface area contributed by atoms with Crippen molar-refractivity contribution < 1.29 is 28.8 Å². The summed E-state index contributed by atoms with van der Waals surface area (Å²) in [6.07, 6.45) is -0.516. The number of aliphatic hydroxyl groups excluding tert-OH is 1. The van der Waals surface area contributed by atoms with E-state index in [2.05, 4.69) is 0 Å². The van der Waals surface area contributed by atoms with Crippen molar-refractivity contribution in [2.75, 3.05) is 19.8 Å². The average molecular weight is 302 g/mol. The maximum atomic E-state index is 11.7. The molecule has 2 saturated heterocycles. The van der Waals surface area contributed by atoms with Crippen LogP contribution in [0.25, 0.3) is 0 Å². The van der Waals surface area contributed by atoms with E-state index in [9.17, 15) is 9.90 Å². The lowest BCUT2D eigenvalue weighted by molar-refractivity contribution is -0.161. The summed E-state index contributed by atoms with van der Waals surface area (Å²) in [7, 11) is 0. The zero-order valence-corrected chi connectivity index (χ0v) is 13.2. The van der Waals surface area contributed by atoms with Crippen molar-refractivity contribution in [2.45, 2.75) is 58.2 Å². The summed E-state index contributed by atoms with van der Waals surface area (Å²) in [6, 6.07) is 0. The minimum Gasteiger partial charge on any atom is -0.466 e. The van der Waals surface area contributed by atoms with Gasteiger partial charge >= 0.3 is 5.97 Å². The highest BCUT2D eigenvalue weighted by molar-refractivity contribution is 5.70. The first-order chi connectivity index (χ1) is 9.88. The largest absolute Gasteiger partial charge is 0.466 e. The Labute approximate surface area is 125 Å². The molecule has 0 amide bonds. The molecule has 0 radical (unpaired) electrons. The average Bonchev–Trinajstić information content (AvgIpc) is 2.90. The van der Waals surface area contributed by atoms with Crippen LogP contribution in [0.4, 0.5) is 0 Å². The van der Waals surface area contributed by atoms with Crippen LogP contribution >= 0.6 is 0 Å². The van der Waals surface area contributed by atoms with Gasteiger partial charge in [-0.2, -0.15) is 0 Å². The third kappa shape index (κ3) is 3.74. The maximum Gasteiger partial charge on any atom is 0.308 e. The molecule has 2 fully saturated rings. The summed E-state index contributed by atoms with van der Waals surface area (Å²) in [5.74, 6) is -0.900. The van der Waals surface area contributed by atoms with E-state index < -0.39 is 5.79 Å². The molecule has 0 saturated carbocycles. The van der Waals surface area contributed by atoms with Gasteiger partial charge in [0.2, 0.25) is 0 Å². The quantitative estimate of drug-likeness (QED) is 0.767. The van der Waals surface area contributed by atoms with E-state index in [4.69, 9.17) is 18.9 Å². The van der Waals surface area contributed by atoms with Crippen molar-refractivity contribution >= 4 is 5.97 Å². The Morgan fingerprint density at radius 1 is 1.43 bits per heavy atom. The molecule has 0 aromatic heterocycles. The normalized spacial score (nSPS) is 38.6. The zero-order chi connectivity index (χ0) is 15.6. The number of hydrogen-bond donors (Lipinski definition) is 1. The molecule has 1 unspecified atom stereocenters. The van der Waals surface area contributed by atoms with Gasteiger partial charge in [-0.3, -0.25) is 4.79 Å². The van der Waals surface area contributed by atoms with Crippen LogP contribution in [0.15, 0.2) is 0 Å². The fraction of sp³-hybridized carbons (Fsp3) is 0.933. The Balaban J connectivity index is 2.00. The zero-order valence-electron chi connectivity index (χ0n) is 13.2. The lowest BCUT2D eigenvalue weighted by Gasteiger charge is -2.23. The second-order valence-electron chi connectivity index (χ2n) is 6.22. The molecule has 0 aromatic rings. The fourth-order valence-electron chi connectivity index (χ4n) is 3.18. The number of aliphatic hydroxyl groups is 1. The summed E-state index contributed by atoms with van der Waals surface area (Å²) in [5, 5.41) is 9.61. The molecule has 1 N–H and O–H groups in total. The molecule has 122 valence electrons. The number of carbonyl (C=O) groups is 1. The van der Waals surface area contributed by atoms with Crippen LogP contribution in [0.3, 0.4) is 0 Å². The van der Waals surface area contributed by atoms with Crippen LogP contribution in [-0.4, -0.2) is 55.0 Å². The predicted octanol–water partition coefficient (Wildman–Crippen LogP) is 1.10. The minimum atomic E-state index is -0.609. The van der Waals surface area contributed by atoms with E-state index in [0.29, 0.717) is 13.2 Å². The Hall–Kier alpha value is -0.690. The highest BCUT2D eigenvalue weighted by atomic mass is 16.7. The first-order valence-electron chi connectivity index (χ1n) is 7.61. The number of ether oxygens (including phenoxy) is 4. The lowest BCUT2D eigenvalue weighted by Crippen LogP contribution is -2.35. The first kappa shape index (κ1) is 16.7. The van der Waals surface area contributed by atoms with Crippen molar-refractivity contribution in [2.24, 2.45) is 11.8 Å². The summed E-state index contributed by atoms with van der Waals surface area (Å²) < 4.78 is 22.4. The number of esters is 1. The van der Waals surface area contributed by atoms with Gasteiger partial charge < -0.3 is 24.1 Å². The van der Waals surface area contributed by atoms with Crippen molar-refractivity contribution in [3.8, 4) is 0 Å². The second-order valence-corrected chi connectivity index (χ2v) is 6.22. The van der Waals surface area contributed by atoms with Crippen molar-refractivity contribution in [1.29, 1.82) is 0 Å². The van der Waals surface area contributed by atoms with Crippen molar-refractivity contribution in [3.05, 3.63) is 0 Å². The molecule has 5 atom stereocenters. The highest BCUT2D eigenvalue weighted by Crippen LogP contribution is 2.39. The van der Waals surface area contributed by atoms with Crippen LogP contribution in [0.1, 0.15) is 34.1 Å². The van der Waals surface area contributed by atoms with Crippen LogP contribution < -0.4 is 0 Å². The van der Waals surface area contributed by atoms with Gasteiger partial charge in [0.05, 0.1) is 31.8 Å². The number of hydrogen-bond acceptors (Lipinski definition) is 6. The van der Waals surface area contributed by atoms with E-state index in [0.717, 1.165) is 0 Å². The molecule has 21 heavy (non-hydrogen) atoms. The van der Waals surface area contributed by atoms with Crippen LogP contribution in [0.5, 0.6) is 0 Å². The van der Waals surface area contributed by atoms with Gasteiger partial charge in [0.1, 0.15) is 6.10 Å². The Kier molecular flexibility index (Phi) is 5.24. The molecular formula is C15H26O6. The van der Waals surface area contributed by atoms with E-state index in [1.54, 1.807) is 6.92 Å². The monoisotopic (exact) mass is 302 g/mol. The maximum absolute atomic E-state index is 11.7. The van der Waals surface area contributed by atoms with Gasteiger partial charge in [0, 0.05) is 12.5 Å². The molecule has 2 aliphatic rings. The van der Waals surface area contributed by atoms with Gasteiger partial charge in [-0.25, -0.2) is 0 Å². The molecule has 0 spiro atoms. The van der Waals surface area contributed by atoms with Crippen LogP contribution in [0, 0.1) is 11.8 Å². The SMILES string of the molecule is CCOC(=O)C[C@@H]1OC([C@H]2COC(C)(C)O2)[C@H](C)[C@H]1CO. The lowest BCUT2D eigenvalue weighted by atomic mass is 9.86. The molecule has 0 aliphatic carbocycles. The van der Waals surface area contributed by atoms with E-state index in [1.807, 2.05) is 20.8 Å². The molecule has 0 aromatic carbocycles. The Morgan fingerprint density at radius 2 is 2.14 bits per heavy atom. The van der Waals surface area contributed by atoms with Crippen LogP contribution in [-0.2, 0) is 23.7 Å². The molecular weight excluding hydrogens is 276 g/mol. The third-order valence-corrected chi connectivity index (χ3v) is 4.28. The number of rotatable bonds is 5. The van der Waals surface area contributed by atoms with Crippen molar-refractivity contribution in [3.63, 3.8) is 0 Å². The van der Waals surface area contributed by atoms with E-state index in [-0.39, 0.29) is 49.1 Å². The van der Waals surface area contributed by atoms with Gasteiger partial charge in [0.15, 0.2) is 5.79 Å². The molecule has 2 aliphatic heterocycles.